The van der Waals surface area contributed by atoms with E-state index in [0.29, 0.717) is 0 Å². The van der Waals surface area contributed by atoms with Crippen molar-refractivity contribution in [1.82, 2.24) is 9.97 Å². The van der Waals surface area contributed by atoms with Crippen LogP contribution in [0.5, 0.6) is 0 Å². The van der Waals surface area contributed by atoms with E-state index >= 15 is 0 Å². The van der Waals surface area contributed by atoms with Crippen molar-refractivity contribution in [3.05, 3.63) is 73.1 Å². The molecule has 4 heteroatoms. The van der Waals surface area contributed by atoms with Crippen molar-refractivity contribution >= 4 is 33.4 Å². The highest BCUT2D eigenvalue weighted by molar-refractivity contribution is 6.14. The van der Waals surface area contributed by atoms with Gasteiger partial charge in [0.05, 0.1) is 11.0 Å². The second-order valence-corrected chi connectivity index (χ2v) is 4.68. The molecular weight excluding hydrogens is 276 g/mol. The van der Waals surface area contributed by atoms with E-state index in [-0.39, 0.29) is 11.6 Å². The van der Waals surface area contributed by atoms with E-state index in [0.717, 1.165) is 21.8 Å². The smallest absolute Gasteiger partial charge is 0.178 e. The van der Waals surface area contributed by atoms with Crippen LogP contribution < -0.4 is 0 Å². The van der Waals surface area contributed by atoms with Gasteiger partial charge in [0.15, 0.2) is 11.6 Å². The Hall–Kier alpha value is -3.14. The van der Waals surface area contributed by atoms with Crippen LogP contribution in [0.3, 0.4) is 0 Å². The maximum Gasteiger partial charge on any atom is 0.178 e. The summed E-state index contributed by atoms with van der Waals surface area (Å²) in [5.74, 6) is -0.241. The fraction of sp³-hybridized carbons (Fsp3) is 0. The second-order valence-electron chi connectivity index (χ2n) is 4.68. The first-order valence-corrected chi connectivity index (χ1v) is 6.76. The van der Waals surface area contributed by atoms with Crippen molar-refractivity contribution in [2.75, 3.05) is 0 Å². The van der Waals surface area contributed by atoms with Gasteiger partial charge in [0.2, 0.25) is 0 Å². The van der Waals surface area contributed by atoms with Crippen molar-refractivity contribution in [2.24, 2.45) is 0 Å². The molecule has 4 rings (SSSR count). The van der Waals surface area contributed by atoms with Crippen molar-refractivity contribution in [2.45, 2.75) is 0 Å². The van der Waals surface area contributed by atoms with Gasteiger partial charge in [-0.25, -0.2) is 0 Å². The van der Waals surface area contributed by atoms with E-state index in [1.807, 2.05) is 36.7 Å². The van der Waals surface area contributed by atoms with Crippen LogP contribution in [0.1, 0.15) is 0 Å². The Morgan fingerprint density at radius 2 is 1.00 bits per heavy atom. The van der Waals surface area contributed by atoms with Gasteiger partial charge in [-0.05, 0) is 48.6 Å². The molecule has 0 saturated carbocycles. The summed E-state index contributed by atoms with van der Waals surface area (Å²) in [6, 6.07) is 12.1. The first-order chi connectivity index (χ1) is 10.7. The molecule has 0 saturated heterocycles. The molecule has 4 nitrogen and oxygen atoms in total. The Balaban J connectivity index is 0.000000154. The monoisotopic (exact) mass is 288 g/mol. The molecule has 1 aliphatic rings. The Labute approximate surface area is 126 Å². The first kappa shape index (κ1) is 13.8. The molecule has 2 heterocycles. The van der Waals surface area contributed by atoms with E-state index in [4.69, 9.17) is 0 Å². The molecule has 0 radical (unpaired) electrons. The number of benzene rings is 1. The summed E-state index contributed by atoms with van der Waals surface area (Å²) >= 11 is 0. The summed E-state index contributed by atoms with van der Waals surface area (Å²) in [6.45, 7) is 0. The predicted octanol–water partition coefficient (Wildman–Crippen LogP) is 3.03. The number of fused-ring (bicyclic) bond motifs is 3. The van der Waals surface area contributed by atoms with Crippen LogP contribution in [-0.2, 0) is 9.59 Å². The molecule has 1 aliphatic carbocycles. The van der Waals surface area contributed by atoms with Gasteiger partial charge in [-0.3, -0.25) is 19.6 Å². The molecule has 0 spiro atoms. The summed E-state index contributed by atoms with van der Waals surface area (Å²) in [7, 11) is 0. The predicted molar refractivity (Wildman–Crippen MR) is 85.3 cm³/mol. The quantitative estimate of drug-likeness (QED) is 0.471. The first-order valence-electron chi connectivity index (χ1n) is 6.76. The molecule has 0 aliphatic heterocycles. The Morgan fingerprint density at radius 1 is 0.591 bits per heavy atom. The lowest BCUT2D eigenvalue weighted by atomic mass is 10.1. The SMILES string of the molecule is O=C1C=CC(=O)C=C1.c1cnc2ccc3ncccc3c2c1. The molecular formula is C18H12N2O2. The zero-order valence-corrected chi connectivity index (χ0v) is 11.6. The molecule has 0 fully saturated rings. The van der Waals surface area contributed by atoms with Gasteiger partial charge in [-0.1, -0.05) is 12.1 Å². The van der Waals surface area contributed by atoms with Gasteiger partial charge in [0, 0.05) is 23.2 Å². The lowest BCUT2D eigenvalue weighted by molar-refractivity contribution is -0.113. The number of hydrogen-bond donors (Lipinski definition) is 0. The number of pyridine rings is 2. The van der Waals surface area contributed by atoms with Crippen LogP contribution in [0.25, 0.3) is 21.8 Å². The van der Waals surface area contributed by atoms with Crippen molar-refractivity contribution in [3.8, 4) is 0 Å². The number of rotatable bonds is 0. The largest absolute Gasteiger partial charge is 0.290 e. The van der Waals surface area contributed by atoms with Crippen molar-refractivity contribution < 1.29 is 9.59 Å². The third kappa shape index (κ3) is 2.96. The van der Waals surface area contributed by atoms with E-state index < -0.39 is 0 Å². The molecule has 0 atom stereocenters. The summed E-state index contributed by atoms with van der Waals surface area (Å²) in [5.41, 5.74) is 2.04. The van der Waals surface area contributed by atoms with E-state index in [1.165, 1.54) is 24.3 Å². The number of allylic oxidation sites excluding steroid dienone is 4. The van der Waals surface area contributed by atoms with Gasteiger partial charge in [0.25, 0.3) is 0 Å². The Kier molecular flexibility index (Phi) is 3.83. The number of ketones is 2. The third-order valence-corrected chi connectivity index (χ3v) is 3.19. The average molecular weight is 288 g/mol. The summed E-state index contributed by atoms with van der Waals surface area (Å²) in [6.07, 6.45) is 8.63. The third-order valence-electron chi connectivity index (χ3n) is 3.19. The van der Waals surface area contributed by atoms with Crippen LogP contribution in [0, 0.1) is 0 Å². The maximum atomic E-state index is 10.3. The van der Waals surface area contributed by atoms with Gasteiger partial charge < -0.3 is 0 Å². The minimum atomic E-state index is -0.121. The fourth-order valence-corrected chi connectivity index (χ4v) is 2.15. The Bertz CT molecular complexity index is 834. The van der Waals surface area contributed by atoms with E-state index in [9.17, 15) is 9.59 Å². The highest BCUT2D eigenvalue weighted by Crippen LogP contribution is 2.21. The molecule has 1 aromatic carbocycles. The number of nitrogens with zero attached hydrogens (tertiary/aromatic N) is 2. The standard InChI is InChI=1S/C12H8N2.C6H4O2/c1-3-9-10-4-2-8-14-12(10)6-5-11(9)13-7-1;7-5-1-2-6(8)4-3-5/h1-8H;1-4H. The minimum absolute atomic E-state index is 0.121. The van der Waals surface area contributed by atoms with E-state index in [2.05, 4.69) is 22.1 Å². The lowest BCUT2D eigenvalue weighted by Crippen LogP contribution is -1.97. The topological polar surface area (TPSA) is 59.9 Å². The molecule has 22 heavy (non-hydrogen) atoms. The number of hydrogen-bond acceptors (Lipinski definition) is 4. The van der Waals surface area contributed by atoms with Crippen LogP contribution in [0.15, 0.2) is 73.1 Å². The highest BCUT2D eigenvalue weighted by Gasteiger charge is 1.99. The van der Waals surface area contributed by atoms with Crippen molar-refractivity contribution in [1.29, 1.82) is 0 Å². The zero-order chi connectivity index (χ0) is 15.4. The van der Waals surface area contributed by atoms with Gasteiger partial charge in [0.1, 0.15) is 0 Å². The molecule has 0 N–H and O–H groups in total. The number of carbonyl (C=O) groups is 2. The molecule has 0 amide bonds. The minimum Gasteiger partial charge on any atom is -0.290 e. The fourth-order valence-electron chi connectivity index (χ4n) is 2.15. The van der Waals surface area contributed by atoms with Crippen LogP contribution >= 0.6 is 0 Å². The molecule has 106 valence electrons. The summed E-state index contributed by atoms with van der Waals surface area (Å²) < 4.78 is 0. The zero-order valence-electron chi connectivity index (χ0n) is 11.6. The summed E-state index contributed by atoms with van der Waals surface area (Å²) in [4.78, 5) is 29.2. The molecule has 0 unspecified atom stereocenters. The van der Waals surface area contributed by atoms with Gasteiger partial charge >= 0.3 is 0 Å². The molecule has 2 aromatic heterocycles. The Morgan fingerprint density at radius 3 is 1.41 bits per heavy atom. The average Bonchev–Trinajstić information content (AvgIpc) is 2.58. The van der Waals surface area contributed by atoms with Crippen LogP contribution in [0.4, 0.5) is 0 Å². The molecule has 0 bridgehead atoms. The second kappa shape index (κ2) is 6.10. The number of aromatic nitrogens is 2. The highest BCUT2D eigenvalue weighted by atomic mass is 16.1. The maximum absolute atomic E-state index is 10.3. The van der Waals surface area contributed by atoms with Gasteiger partial charge in [-0.15, -0.1) is 0 Å². The lowest BCUT2D eigenvalue weighted by Gasteiger charge is -2.00. The normalized spacial score (nSPS) is 13.3. The molecule has 3 aromatic rings. The number of carbonyl (C=O) groups excluding carboxylic acids is 2. The van der Waals surface area contributed by atoms with E-state index in [1.54, 1.807) is 0 Å². The van der Waals surface area contributed by atoms with Gasteiger partial charge in [-0.2, -0.15) is 0 Å². The van der Waals surface area contributed by atoms with Crippen molar-refractivity contribution in [3.63, 3.8) is 0 Å². The summed E-state index contributed by atoms with van der Waals surface area (Å²) in [5, 5.41) is 2.33. The van der Waals surface area contributed by atoms with Crippen LogP contribution in [0.2, 0.25) is 0 Å². The van der Waals surface area contributed by atoms with Crippen LogP contribution in [-0.4, -0.2) is 21.5 Å².